The number of hydrogen-bond acceptors (Lipinski definition) is 1. The van der Waals surface area contributed by atoms with Crippen molar-refractivity contribution in [1.82, 2.24) is 0 Å². The van der Waals surface area contributed by atoms with Crippen LogP contribution in [0.25, 0.3) is 0 Å². The minimum absolute atomic E-state index is 0.611. The average Bonchev–Trinajstić information content (AvgIpc) is 3.04. The molecule has 0 saturated heterocycles. The van der Waals surface area contributed by atoms with E-state index in [0.29, 0.717) is 10.8 Å². The highest BCUT2D eigenvalue weighted by Crippen LogP contribution is 2.68. The number of rotatable bonds is 5. The summed E-state index contributed by atoms with van der Waals surface area (Å²) in [4.78, 5) is 0. The average molecular weight is 387 g/mol. The summed E-state index contributed by atoms with van der Waals surface area (Å²) in [6.07, 6.45) is 20.1. The molecule has 160 valence electrons. The molecule has 0 spiro atoms. The molecule has 4 rings (SSSR count). The van der Waals surface area contributed by atoms with E-state index in [9.17, 15) is 0 Å². The molecule has 0 aromatic rings. The summed E-state index contributed by atoms with van der Waals surface area (Å²) in [7, 11) is 0. The second-order valence-electron chi connectivity index (χ2n) is 12.0. The van der Waals surface area contributed by atoms with Gasteiger partial charge in [-0.05, 0) is 123 Å². The maximum Gasteiger partial charge on any atom is 0.0780 e. The summed E-state index contributed by atoms with van der Waals surface area (Å²) in [6, 6.07) is 0. The molecule has 28 heavy (non-hydrogen) atoms. The third-order valence-corrected chi connectivity index (χ3v) is 10.8. The van der Waals surface area contributed by atoms with E-state index in [1.165, 1.54) is 76.9 Å². The Balaban J connectivity index is 1.44. The zero-order chi connectivity index (χ0) is 19.9. The van der Waals surface area contributed by atoms with Crippen molar-refractivity contribution in [3.05, 3.63) is 11.8 Å². The maximum absolute atomic E-state index is 9.16. The molecule has 0 radical (unpaired) electrons. The van der Waals surface area contributed by atoms with Crippen LogP contribution in [0.3, 0.4) is 0 Å². The molecule has 0 aromatic carbocycles. The lowest BCUT2D eigenvalue weighted by molar-refractivity contribution is -0.114. The predicted octanol–water partition coefficient (Wildman–Crippen LogP) is 8.30. The van der Waals surface area contributed by atoms with Crippen LogP contribution in [-0.2, 0) is 0 Å². The molecule has 0 amide bonds. The minimum atomic E-state index is 0.611. The largest absolute Gasteiger partial charge is 0.516 e. The second-order valence-corrected chi connectivity index (χ2v) is 12.0. The van der Waals surface area contributed by atoms with Crippen LogP contribution < -0.4 is 0 Å². The van der Waals surface area contributed by atoms with E-state index in [2.05, 4.69) is 27.7 Å². The summed E-state index contributed by atoms with van der Waals surface area (Å²) < 4.78 is 0. The molecule has 1 heteroatoms. The van der Waals surface area contributed by atoms with Gasteiger partial charge in [-0.15, -0.1) is 0 Å². The van der Waals surface area contributed by atoms with E-state index < -0.39 is 0 Å². The number of aliphatic hydroxyl groups excluding tert-OH is 1. The molecule has 4 aliphatic carbocycles. The molecule has 0 aliphatic heterocycles. The van der Waals surface area contributed by atoms with Gasteiger partial charge in [-0.2, -0.15) is 0 Å². The molecule has 4 aliphatic rings. The molecule has 4 fully saturated rings. The molecule has 0 aromatic heterocycles. The smallest absolute Gasteiger partial charge is 0.0780 e. The number of hydrogen-bond donors (Lipinski definition) is 1. The molecule has 8 atom stereocenters. The minimum Gasteiger partial charge on any atom is -0.516 e. The van der Waals surface area contributed by atoms with E-state index in [1.54, 1.807) is 6.42 Å². The summed E-state index contributed by atoms with van der Waals surface area (Å²) in [5.74, 6) is 5.92. The lowest BCUT2D eigenvalue weighted by atomic mass is 9.44. The molecule has 1 N–H and O–H groups in total. The quantitative estimate of drug-likeness (QED) is 0.471. The Morgan fingerprint density at radius 1 is 0.964 bits per heavy atom. The van der Waals surface area contributed by atoms with Crippen LogP contribution in [0, 0.1) is 46.3 Å². The molecular formula is C27H46O. The van der Waals surface area contributed by atoms with Crippen molar-refractivity contribution in [3.63, 3.8) is 0 Å². The van der Waals surface area contributed by atoms with Crippen LogP contribution in [0.4, 0.5) is 0 Å². The van der Waals surface area contributed by atoms with Gasteiger partial charge >= 0.3 is 0 Å². The van der Waals surface area contributed by atoms with Crippen molar-refractivity contribution in [2.24, 2.45) is 46.3 Å². The number of allylic oxidation sites excluding steroid dienone is 1. The van der Waals surface area contributed by atoms with Crippen LogP contribution in [0.2, 0.25) is 0 Å². The van der Waals surface area contributed by atoms with Crippen molar-refractivity contribution >= 4 is 0 Å². The Morgan fingerprint density at radius 2 is 1.75 bits per heavy atom. The molecular weight excluding hydrogens is 340 g/mol. The highest BCUT2D eigenvalue weighted by atomic mass is 16.2. The van der Waals surface area contributed by atoms with Gasteiger partial charge in [0.05, 0.1) is 6.26 Å². The normalized spacial score (nSPS) is 47.1. The van der Waals surface area contributed by atoms with E-state index in [4.69, 9.17) is 5.11 Å². The van der Waals surface area contributed by atoms with Crippen LogP contribution in [0.15, 0.2) is 11.8 Å². The second kappa shape index (κ2) is 7.99. The first-order valence-corrected chi connectivity index (χ1v) is 12.7. The fourth-order valence-electron chi connectivity index (χ4n) is 9.24. The Hall–Kier alpha value is -0.460. The predicted molar refractivity (Wildman–Crippen MR) is 119 cm³/mol. The first-order chi connectivity index (χ1) is 13.4. The summed E-state index contributed by atoms with van der Waals surface area (Å²) >= 11 is 0. The summed E-state index contributed by atoms with van der Waals surface area (Å²) in [5.41, 5.74) is 2.43. The van der Waals surface area contributed by atoms with Gasteiger partial charge < -0.3 is 5.11 Å². The van der Waals surface area contributed by atoms with E-state index in [-0.39, 0.29) is 0 Å². The third kappa shape index (κ3) is 3.37. The topological polar surface area (TPSA) is 20.2 Å². The first-order valence-electron chi connectivity index (χ1n) is 12.7. The fourth-order valence-corrected chi connectivity index (χ4v) is 9.24. The van der Waals surface area contributed by atoms with E-state index in [0.717, 1.165) is 47.5 Å². The standard InChI is InChI=1S/C27H46O/c1-19(18-28)8-7-9-20(2)23-13-14-24-22-12-11-21-10-5-6-16-26(21,3)25(22)15-17-27(23,24)4/h18,20-25,28H,5-17H2,1-4H3/t20-,21-,22+,23-,24+,25+,26+,27-/m1/s1. The van der Waals surface area contributed by atoms with Gasteiger partial charge in [0.25, 0.3) is 0 Å². The maximum atomic E-state index is 9.16. The van der Waals surface area contributed by atoms with Gasteiger partial charge in [-0.25, -0.2) is 0 Å². The lowest BCUT2D eigenvalue weighted by Crippen LogP contribution is -2.53. The number of fused-ring (bicyclic) bond motifs is 5. The third-order valence-electron chi connectivity index (χ3n) is 10.8. The Morgan fingerprint density at radius 3 is 2.54 bits per heavy atom. The summed E-state index contributed by atoms with van der Waals surface area (Å²) in [6.45, 7) is 10.0. The molecule has 0 heterocycles. The van der Waals surface area contributed by atoms with Crippen molar-refractivity contribution in [2.75, 3.05) is 0 Å². The van der Waals surface area contributed by atoms with Crippen LogP contribution >= 0.6 is 0 Å². The van der Waals surface area contributed by atoms with Gasteiger partial charge in [0.2, 0.25) is 0 Å². The highest BCUT2D eigenvalue weighted by Gasteiger charge is 2.59. The Kier molecular flexibility index (Phi) is 5.94. The lowest BCUT2D eigenvalue weighted by Gasteiger charge is -2.61. The van der Waals surface area contributed by atoms with Gasteiger partial charge in [0, 0.05) is 0 Å². The number of aliphatic hydroxyl groups is 1. The Labute approximate surface area is 174 Å². The van der Waals surface area contributed by atoms with Crippen LogP contribution in [-0.4, -0.2) is 5.11 Å². The Bertz CT molecular complexity index is 579. The SMILES string of the molecule is CC(=CO)CCC[C@@H](C)[C@H]1CC[C@H]2[C@@H]3CC[C@H]4CCCC[C@]4(C)[C@H]3CC[C@]12C. The molecule has 1 nitrogen and oxygen atoms in total. The zero-order valence-electron chi connectivity index (χ0n) is 19.2. The van der Waals surface area contributed by atoms with Crippen molar-refractivity contribution in [2.45, 2.75) is 111 Å². The van der Waals surface area contributed by atoms with E-state index in [1.807, 2.05) is 0 Å². The van der Waals surface area contributed by atoms with Gasteiger partial charge in [-0.1, -0.05) is 40.0 Å². The molecule has 4 saturated carbocycles. The van der Waals surface area contributed by atoms with Gasteiger partial charge in [0.1, 0.15) is 0 Å². The fraction of sp³-hybridized carbons (Fsp3) is 0.926. The van der Waals surface area contributed by atoms with Crippen LogP contribution in [0.1, 0.15) is 111 Å². The van der Waals surface area contributed by atoms with Crippen LogP contribution in [0.5, 0.6) is 0 Å². The first kappa shape index (κ1) is 20.8. The summed E-state index contributed by atoms with van der Waals surface area (Å²) in [5, 5.41) is 9.16. The van der Waals surface area contributed by atoms with Gasteiger partial charge in [-0.3, -0.25) is 0 Å². The monoisotopic (exact) mass is 386 g/mol. The van der Waals surface area contributed by atoms with Crippen molar-refractivity contribution in [3.8, 4) is 0 Å². The van der Waals surface area contributed by atoms with Crippen molar-refractivity contribution in [1.29, 1.82) is 0 Å². The molecule has 0 bridgehead atoms. The van der Waals surface area contributed by atoms with Crippen molar-refractivity contribution < 1.29 is 5.11 Å². The highest BCUT2D eigenvalue weighted by molar-refractivity contribution is 5.09. The van der Waals surface area contributed by atoms with Gasteiger partial charge in [0.15, 0.2) is 0 Å². The van der Waals surface area contributed by atoms with E-state index >= 15 is 0 Å². The zero-order valence-corrected chi connectivity index (χ0v) is 19.2. The molecule has 0 unspecified atom stereocenters.